The standard InChI is InChI=1S/C14H11IN2O4/c15-11-7-9(1-3-12(11)17(18)19)16-10-2-4-13-14(8-10)21-6-5-20-13/h1-4,7-8,16H,5-6H2. The number of anilines is 2. The van der Waals surface area contributed by atoms with Crippen LogP contribution in [0, 0.1) is 13.7 Å². The van der Waals surface area contributed by atoms with Crippen LogP contribution in [0.4, 0.5) is 17.1 Å². The first-order chi connectivity index (χ1) is 10.1. The number of fused-ring (bicyclic) bond motifs is 1. The first-order valence-electron chi connectivity index (χ1n) is 6.24. The Balaban J connectivity index is 1.83. The number of hydrogen-bond donors (Lipinski definition) is 1. The van der Waals surface area contributed by atoms with E-state index >= 15 is 0 Å². The monoisotopic (exact) mass is 398 g/mol. The molecule has 0 saturated carbocycles. The molecule has 0 unspecified atom stereocenters. The van der Waals surface area contributed by atoms with E-state index in [9.17, 15) is 10.1 Å². The number of ether oxygens (including phenoxy) is 2. The highest BCUT2D eigenvalue weighted by molar-refractivity contribution is 14.1. The smallest absolute Gasteiger partial charge is 0.282 e. The fraction of sp³-hybridized carbons (Fsp3) is 0.143. The van der Waals surface area contributed by atoms with Crippen LogP contribution < -0.4 is 14.8 Å². The van der Waals surface area contributed by atoms with Crippen LogP contribution in [-0.2, 0) is 0 Å². The second kappa shape index (κ2) is 5.76. The van der Waals surface area contributed by atoms with Gasteiger partial charge in [0.1, 0.15) is 13.2 Å². The van der Waals surface area contributed by atoms with Crippen LogP contribution in [0.3, 0.4) is 0 Å². The number of nitro benzene ring substituents is 1. The molecule has 2 aromatic carbocycles. The summed E-state index contributed by atoms with van der Waals surface area (Å²) in [5.41, 5.74) is 1.72. The molecule has 6 nitrogen and oxygen atoms in total. The molecule has 0 aromatic heterocycles. The maximum atomic E-state index is 10.8. The normalized spacial score (nSPS) is 12.8. The molecule has 21 heavy (non-hydrogen) atoms. The van der Waals surface area contributed by atoms with Crippen molar-refractivity contribution < 1.29 is 14.4 Å². The van der Waals surface area contributed by atoms with E-state index in [1.165, 1.54) is 6.07 Å². The molecule has 1 heterocycles. The highest BCUT2D eigenvalue weighted by Gasteiger charge is 2.13. The van der Waals surface area contributed by atoms with Crippen LogP contribution in [-0.4, -0.2) is 18.1 Å². The Morgan fingerprint density at radius 3 is 2.43 bits per heavy atom. The molecule has 0 saturated heterocycles. The quantitative estimate of drug-likeness (QED) is 0.485. The number of nitrogens with one attached hydrogen (secondary N) is 1. The number of nitrogens with zero attached hydrogens (tertiary/aromatic N) is 1. The van der Waals surface area contributed by atoms with Crippen LogP contribution in [0.5, 0.6) is 11.5 Å². The summed E-state index contributed by atoms with van der Waals surface area (Å²) in [6.45, 7) is 1.09. The third-order valence-corrected chi connectivity index (χ3v) is 3.84. The summed E-state index contributed by atoms with van der Waals surface area (Å²) in [4.78, 5) is 10.4. The molecule has 3 rings (SSSR count). The Kier molecular flexibility index (Phi) is 3.82. The molecule has 0 atom stereocenters. The molecule has 0 amide bonds. The van der Waals surface area contributed by atoms with Gasteiger partial charge < -0.3 is 14.8 Å². The maximum absolute atomic E-state index is 10.8. The van der Waals surface area contributed by atoms with Gasteiger partial charge in [0.25, 0.3) is 5.69 Å². The van der Waals surface area contributed by atoms with Crippen LogP contribution in [0.25, 0.3) is 0 Å². The lowest BCUT2D eigenvalue weighted by Crippen LogP contribution is -2.15. The van der Waals surface area contributed by atoms with Gasteiger partial charge in [0.2, 0.25) is 0 Å². The zero-order valence-electron chi connectivity index (χ0n) is 10.8. The van der Waals surface area contributed by atoms with Crippen LogP contribution in [0.15, 0.2) is 36.4 Å². The Hall–Kier alpha value is -2.03. The number of nitro groups is 1. The molecular weight excluding hydrogens is 387 g/mol. The van der Waals surface area contributed by atoms with Gasteiger partial charge in [-0.25, -0.2) is 0 Å². The molecule has 7 heteroatoms. The molecule has 0 spiro atoms. The topological polar surface area (TPSA) is 73.6 Å². The molecule has 2 aromatic rings. The largest absolute Gasteiger partial charge is 0.486 e. The molecule has 0 radical (unpaired) electrons. The lowest BCUT2D eigenvalue weighted by molar-refractivity contribution is -0.385. The number of rotatable bonds is 3. The predicted molar refractivity (Wildman–Crippen MR) is 86.5 cm³/mol. The van der Waals surface area contributed by atoms with Gasteiger partial charge >= 0.3 is 0 Å². The minimum atomic E-state index is -0.393. The number of benzene rings is 2. The first-order valence-corrected chi connectivity index (χ1v) is 7.32. The van der Waals surface area contributed by atoms with Crippen molar-refractivity contribution in [2.45, 2.75) is 0 Å². The summed E-state index contributed by atoms with van der Waals surface area (Å²) in [7, 11) is 0. The van der Waals surface area contributed by atoms with Crippen molar-refractivity contribution in [3.05, 3.63) is 50.1 Å². The van der Waals surface area contributed by atoms with Gasteiger partial charge in [-0.1, -0.05) is 0 Å². The average Bonchev–Trinajstić information content (AvgIpc) is 2.47. The minimum Gasteiger partial charge on any atom is -0.486 e. The van der Waals surface area contributed by atoms with Gasteiger partial charge in [0.15, 0.2) is 11.5 Å². The van der Waals surface area contributed by atoms with E-state index in [1.54, 1.807) is 12.1 Å². The second-order valence-electron chi connectivity index (χ2n) is 4.41. The molecule has 1 aliphatic heterocycles. The zero-order valence-corrected chi connectivity index (χ0v) is 13.0. The lowest BCUT2D eigenvalue weighted by Gasteiger charge is -2.19. The van der Waals surface area contributed by atoms with Crippen molar-refractivity contribution in [2.24, 2.45) is 0 Å². The maximum Gasteiger partial charge on any atom is 0.282 e. The van der Waals surface area contributed by atoms with E-state index in [1.807, 2.05) is 40.8 Å². The number of hydrogen-bond acceptors (Lipinski definition) is 5. The highest BCUT2D eigenvalue weighted by atomic mass is 127. The van der Waals surface area contributed by atoms with E-state index < -0.39 is 4.92 Å². The molecule has 0 aliphatic carbocycles. The Morgan fingerprint density at radius 2 is 1.71 bits per heavy atom. The molecule has 108 valence electrons. The molecule has 1 aliphatic rings. The van der Waals surface area contributed by atoms with Gasteiger partial charge in [-0.2, -0.15) is 0 Å². The van der Waals surface area contributed by atoms with E-state index in [0.717, 1.165) is 17.1 Å². The van der Waals surface area contributed by atoms with E-state index in [2.05, 4.69) is 5.32 Å². The van der Waals surface area contributed by atoms with Crippen LogP contribution >= 0.6 is 22.6 Å². The van der Waals surface area contributed by atoms with Crippen LogP contribution in [0.2, 0.25) is 0 Å². The summed E-state index contributed by atoms with van der Waals surface area (Å²) in [6, 6.07) is 10.5. The van der Waals surface area contributed by atoms with Crippen molar-refractivity contribution in [3.8, 4) is 11.5 Å². The van der Waals surface area contributed by atoms with E-state index in [-0.39, 0.29) is 5.69 Å². The van der Waals surface area contributed by atoms with Crippen molar-refractivity contribution in [1.82, 2.24) is 0 Å². The van der Waals surface area contributed by atoms with Crippen molar-refractivity contribution >= 4 is 39.7 Å². The van der Waals surface area contributed by atoms with Crippen LogP contribution in [0.1, 0.15) is 0 Å². The fourth-order valence-corrected chi connectivity index (χ4v) is 2.73. The summed E-state index contributed by atoms with van der Waals surface area (Å²) in [5.74, 6) is 1.42. The van der Waals surface area contributed by atoms with Gasteiger partial charge in [0.05, 0.1) is 8.49 Å². The summed E-state index contributed by atoms with van der Waals surface area (Å²) in [5, 5.41) is 14.0. The minimum absolute atomic E-state index is 0.100. The van der Waals surface area contributed by atoms with Gasteiger partial charge in [-0.05, 0) is 46.9 Å². The lowest BCUT2D eigenvalue weighted by atomic mass is 10.2. The third-order valence-electron chi connectivity index (χ3n) is 2.98. The first kappa shape index (κ1) is 13.9. The molecular formula is C14H11IN2O4. The van der Waals surface area contributed by atoms with E-state index in [0.29, 0.717) is 22.5 Å². The molecule has 1 N–H and O–H groups in total. The molecule has 0 fully saturated rings. The average molecular weight is 398 g/mol. The summed E-state index contributed by atoms with van der Waals surface area (Å²) >= 11 is 1.95. The molecule has 0 bridgehead atoms. The zero-order chi connectivity index (χ0) is 14.8. The van der Waals surface area contributed by atoms with Crippen molar-refractivity contribution in [3.63, 3.8) is 0 Å². The van der Waals surface area contributed by atoms with Gasteiger partial charge in [-0.3, -0.25) is 10.1 Å². The highest BCUT2D eigenvalue weighted by Crippen LogP contribution is 2.34. The fourth-order valence-electron chi connectivity index (χ4n) is 2.02. The second-order valence-corrected chi connectivity index (χ2v) is 5.57. The predicted octanol–water partition coefficient (Wildman–Crippen LogP) is 3.71. The third kappa shape index (κ3) is 3.02. The van der Waals surface area contributed by atoms with Crippen molar-refractivity contribution in [2.75, 3.05) is 18.5 Å². The van der Waals surface area contributed by atoms with Gasteiger partial charge in [0, 0.05) is 23.5 Å². The summed E-state index contributed by atoms with van der Waals surface area (Å²) < 4.78 is 11.6. The summed E-state index contributed by atoms with van der Waals surface area (Å²) in [6.07, 6.45) is 0. The SMILES string of the molecule is O=[N+]([O-])c1ccc(Nc2ccc3c(c2)OCCO3)cc1I. The Morgan fingerprint density at radius 1 is 1.05 bits per heavy atom. The Labute approximate surface area is 134 Å². The van der Waals surface area contributed by atoms with Crippen molar-refractivity contribution in [1.29, 1.82) is 0 Å². The van der Waals surface area contributed by atoms with Gasteiger partial charge in [-0.15, -0.1) is 0 Å². The Bertz CT molecular complexity index is 705. The van der Waals surface area contributed by atoms with E-state index in [4.69, 9.17) is 9.47 Å². The number of halogens is 1.